The number of H-pyrrole nitrogens is 1. The van der Waals surface area contributed by atoms with Gasteiger partial charge in [-0.3, -0.25) is 19.6 Å². The number of rotatable bonds is 3. The van der Waals surface area contributed by atoms with Crippen LogP contribution in [0.3, 0.4) is 0 Å². The molecule has 3 aromatic heterocycles. The predicted octanol–water partition coefficient (Wildman–Crippen LogP) is 2.20. The highest BCUT2D eigenvalue weighted by Gasteiger charge is 2.33. The zero-order chi connectivity index (χ0) is 17.9. The molecular weight excluding hydrogens is 330 g/mol. The van der Waals surface area contributed by atoms with E-state index in [2.05, 4.69) is 19.9 Å². The SMILES string of the molecule is O=C(c1ccccn1)N1CCC[C@@H]1c1nc(-c2ccncc2)cc(=O)[nH]1. The van der Waals surface area contributed by atoms with E-state index in [0.29, 0.717) is 23.8 Å². The topological polar surface area (TPSA) is 91.8 Å². The Bertz CT molecular complexity index is 972. The summed E-state index contributed by atoms with van der Waals surface area (Å²) in [5.41, 5.74) is 1.54. The molecule has 1 aliphatic heterocycles. The number of aromatic nitrogens is 4. The van der Waals surface area contributed by atoms with Crippen LogP contribution >= 0.6 is 0 Å². The van der Waals surface area contributed by atoms with Gasteiger partial charge in [-0.05, 0) is 37.1 Å². The van der Waals surface area contributed by atoms with Crippen LogP contribution in [0.2, 0.25) is 0 Å². The predicted molar refractivity (Wildman–Crippen MR) is 95.3 cm³/mol. The lowest BCUT2D eigenvalue weighted by atomic mass is 10.1. The largest absolute Gasteiger partial charge is 0.327 e. The summed E-state index contributed by atoms with van der Waals surface area (Å²) in [7, 11) is 0. The number of pyridine rings is 2. The fourth-order valence-electron chi connectivity index (χ4n) is 3.24. The molecule has 0 bridgehead atoms. The van der Waals surface area contributed by atoms with Crippen molar-refractivity contribution >= 4 is 5.91 Å². The molecule has 4 rings (SSSR count). The van der Waals surface area contributed by atoms with Crippen molar-refractivity contribution in [1.82, 2.24) is 24.8 Å². The zero-order valence-electron chi connectivity index (χ0n) is 14.0. The minimum Gasteiger partial charge on any atom is -0.327 e. The first-order valence-corrected chi connectivity index (χ1v) is 8.46. The summed E-state index contributed by atoms with van der Waals surface area (Å²) >= 11 is 0. The van der Waals surface area contributed by atoms with Gasteiger partial charge in [-0.15, -0.1) is 0 Å². The van der Waals surface area contributed by atoms with E-state index in [9.17, 15) is 9.59 Å². The molecule has 0 aliphatic carbocycles. The maximum absolute atomic E-state index is 12.8. The highest BCUT2D eigenvalue weighted by molar-refractivity contribution is 5.92. The maximum Gasteiger partial charge on any atom is 0.273 e. The molecule has 0 aromatic carbocycles. The second-order valence-electron chi connectivity index (χ2n) is 6.12. The van der Waals surface area contributed by atoms with E-state index in [1.807, 2.05) is 0 Å². The summed E-state index contributed by atoms with van der Waals surface area (Å²) in [6, 6.07) is 10.1. The average Bonchev–Trinajstić information content (AvgIpc) is 3.18. The molecule has 4 heterocycles. The molecule has 0 radical (unpaired) electrons. The summed E-state index contributed by atoms with van der Waals surface area (Å²) in [6.07, 6.45) is 6.52. The van der Waals surface area contributed by atoms with Crippen molar-refractivity contribution in [3.63, 3.8) is 0 Å². The standard InChI is InChI=1S/C19H17N5O2/c25-17-12-15(13-6-9-20-10-7-13)22-18(23-17)16-5-3-11-24(16)19(26)14-4-1-2-8-21-14/h1-2,4,6-10,12,16H,3,5,11H2,(H,22,23,25)/t16-/m1/s1. The van der Waals surface area contributed by atoms with Crippen molar-refractivity contribution < 1.29 is 4.79 Å². The molecule has 1 atom stereocenters. The number of hydrogen-bond donors (Lipinski definition) is 1. The van der Waals surface area contributed by atoms with Gasteiger partial charge in [0.15, 0.2) is 0 Å². The lowest BCUT2D eigenvalue weighted by Gasteiger charge is -2.23. The van der Waals surface area contributed by atoms with Crippen LogP contribution < -0.4 is 5.56 Å². The number of amides is 1. The molecule has 1 amide bonds. The van der Waals surface area contributed by atoms with Gasteiger partial charge in [0.1, 0.15) is 11.5 Å². The first-order valence-electron chi connectivity index (χ1n) is 8.46. The van der Waals surface area contributed by atoms with Crippen LogP contribution in [0.25, 0.3) is 11.3 Å². The van der Waals surface area contributed by atoms with Crippen LogP contribution in [0, 0.1) is 0 Å². The van der Waals surface area contributed by atoms with Crippen LogP contribution in [0.1, 0.15) is 35.2 Å². The Balaban J connectivity index is 1.69. The molecule has 1 saturated heterocycles. The molecule has 0 spiro atoms. The van der Waals surface area contributed by atoms with Crippen molar-refractivity contribution in [1.29, 1.82) is 0 Å². The van der Waals surface area contributed by atoms with E-state index in [4.69, 9.17) is 0 Å². The Morgan fingerprint density at radius 2 is 2.00 bits per heavy atom. The molecular formula is C19H17N5O2. The summed E-state index contributed by atoms with van der Waals surface area (Å²) in [5.74, 6) is 0.358. The molecule has 3 aromatic rings. The van der Waals surface area contributed by atoms with E-state index in [0.717, 1.165) is 18.4 Å². The number of carbonyl (C=O) groups excluding carboxylic acids is 1. The van der Waals surface area contributed by atoms with Crippen LogP contribution in [-0.4, -0.2) is 37.3 Å². The number of likely N-dealkylation sites (tertiary alicyclic amines) is 1. The molecule has 1 aliphatic rings. The van der Waals surface area contributed by atoms with Gasteiger partial charge < -0.3 is 9.88 Å². The minimum absolute atomic E-state index is 0.148. The van der Waals surface area contributed by atoms with E-state index >= 15 is 0 Å². The summed E-state index contributed by atoms with van der Waals surface area (Å²) in [4.78, 5) is 42.2. The van der Waals surface area contributed by atoms with Gasteiger partial charge >= 0.3 is 0 Å². The van der Waals surface area contributed by atoms with Gasteiger partial charge in [-0.25, -0.2) is 4.98 Å². The van der Waals surface area contributed by atoms with Gasteiger partial charge in [-0.2, -0.15) is 0 Å². The molecule has 1 N–H and O–H groups in total. The van der Waals surface area contributed by atoms with Gasteiger partial charge in [0.05, 0.1) is 11.7 Å². The number of nitrogens with zero attached hydrogens (tertiary/aromatic N) is 4. The van der Waals surface area contributed by atoms with Crippen molar-refractivity contribution in [3.05, 3.63) is 76.9 Å². The average molecular weight is 347 g/mol. The lowest BCUT2D eigenvalue weighted by Crippen LogP contribution is -2.33. The van der Waals surface area contributed by atoms with Crippen LogP contribution in [0.5, 0.6) is 0 Å². The monoisotopic (exact) mass is 347 g/mol. The Hall–Kier alpha value is -3.35. The Labute approximate surface area is 149 Å². The van der Waals surface area contributed by atoms with Crippen molar-refractivity contribution in [2.75, 3.05) is 6.54 Å². The number of hydrogen-bond acceptors (Lipinski definition) is 5. The summed E-state index contributed by atoms with van der Waals surface area (Å²) in [5, 5.41) is 0. The number of nitrogens with one attached hydrogen (secondary N) is 1. The smallest absolute Gasteiger partial charge is 0.273 e. The normalized spacial score (nSPS) is 16.6. The fourth-order valence-corrected chi connectivity index (χ4v) is 3.24. The fraction of sp³-hybridized carbons (Fsp3) is 0.211. The third-order valence-electron chi connectivity index (χ3n) is 4.45. The highest BCUT2D eigenvalue weighted by atomic mass is 16.2. The second-order valence-corrected chi connectivity index (χ2v) is 6.12. The molecule has 7 nitrogen and oxygen atoms in total. The third kappa shape index (κ3) is 3.11. The van der Waals surface area contributed by atoms with E-state index in [1.54, 1.807) is 53.8 Å². The molecule has 0 saturated carbocycles. The van der Waals surface area contributed by atoms with E-state index in [-0.39, 0.29) is 17.5 Å². The van der Waals surface area contributed by atoms with Gasteiger partial charge in [0.25, 0.3) is 11.5 Å². The van der Waals surface area contributed by atoms with E-state index in [1.165, 1.54) is 6.07 Å². The van der Waals surface area contributed by atoms with Gasteiger partial charge in [0.2, 0.25) is 0 Å². The molecule has 1 fully saturated rings. The molecule has 0 unspecified atom stereocenters. The van der Waals surface area contributed by atoms with E-state index < -0.39 is 0 Å². The molecule has 130 valence electrons. The van der Waals surface area contributed by atoms with Crippen LogP contribution in [-0.2, 0) is 0 Å². The van der Waals surface area contributed by atoms with Gasteiger partial charge in [-0.1, -0.05) is 6.07 Å². The minimum atomic E-state index is -0.265. The Morgan fingerprint density at radius 1 is 1.15 bits per heavy atom. The first-order chi connectivity index (χ1) is 12.7. The van der Waals surface area contributed by atoms with Crippen LogP contribution in [0.4, 0.5) is 0 Å². The third-order valence-corrected chi connectivity index (χ3v) is 4.45. The molecule has 7 heteroatoms. The maximum atomic E-state index is 12.8. The second kappa shape index (κ2) is 6.87. The Morgan fingerprint density at radius 3 is 2.77 bits per heavy atom. The van der Waals surface area contributed by atoms with Crippen molar-refractivity contribution in [2.45, 2.75) is 18.9 Å². The van der Waals surface area contributed by atoms with Crippen molar-refractivity contribution in [3.8, 4) is 11.3 Å². The Kier molecular flexibility index (Phi) is 4.27. The number of carbonyl (C=O) groups is 1. The van der Waals surface area contributed by atoms with Crippen molar-refractivity contribution in [2.24, 2.45) is 0 Å². The summed E-state index contributed by atoms with van der Waals surface area (Å²) < 4.78 is 0. The highest BCUT2D eigenvalue weighted by Crippen LogP contribution is 2.31. The quantitative estimate of drug-likeness (QED) is 0.784. The van der Waals surface area contributed by atoms with Gasteiger partial charge in [0, 0.05) is 36.8 Å². The lowest BCUT2D eigenvalue weighted by molar-refractivity contribution is 0.0723. The molecule has 26 heavy (non-hydrogen) atoms. The first kappa shape index (κ1) is 16.1. The number of aromatic amines is 1. The van der Waals surface area contributed by atoms with Crippen LogP contribution in [0.15, 0.2) is 59.8 Å². The zero-order valence-corrected chi connectivity index (χ0v) is 14.0. The summed E-state index contributed by atoms with van der Waals surface area (Å²) in [6.45, 7) is 0.614.